The Labute approximate surface area is 190 Å². The molecule has 1 fully saturated rings. The lowest BCUT2D eigenvalue weighted by molar-refractivity contribution is -0.0312. The summed E-state index contributed by atoms with van der Waals surface area (Å²) in [4.78, 5) is 29.8. The molecular weight excluding hydrogens is 426 g/mol. The van der Waals surface area contributed by atoms with E-state index in [1.807, 2.05) is 60.7 Å². The molecule has 2 heterocycles. The van der Waals surface area contributed by atoms with Crippen LogP contribution in [0.15, 0.2) is 72.4 Å². The number of aromatic nitrogens is 1. The number of alkyl carbamates (subject to hydrolysis) is 2. The van der Waals surface area contributed by atoms with Crippen molar-refractivity contribution in [3.05, 3.63) is 88.4 Å². The second kappa shape index (κ2) is 10.8. The van der Waals surface area contributed by atoms with Crippen molar-refractivity contribution in [3.8, 4) is 0 Å². The van der Waals surface area contributed by atoms with Gasteiger partial charge in [-0.15, -0.1) is 11.3 Å². The van der Waals surface area contributed by atoms with Crippen LogP contribution in [0.3, 0.4) is 0 Å². The lowest BCUT2D eigenvalue weighted by Gasteiger charge is -2.34. The van der Waals surface area contributed by atoms with Crippen LogP contribution < -0.4 is 10.6 Å². The number of carbonyl (C=O) groups is 2. The molecule has 3 aromatic rings. The molecule has 1 aromatic heterocycles. The number of hydrogen-bond donors (Lipinski definition) is 2. The van der Waals surface area contributed by atoms with Crippen LogP contribution in [-0.4, -0.2) is 35.4 Å². The van der Waals surface area contributed by atoms with Gasteiger partial charge in [0.05, 0.1) is 12.1 Å². The van der Waals surface area contributed by atoms with E-state index in [0.29, 0.717) is 25.8 Å². The first-order chi connectivity index (χ1) is 15.7. The molecule has 32 heavy (non-hydrogen) atoms. The third-order valence-electron chi connectivity index (χ3n) is 5.27. The number of benzene rings is 2. The van der Waals surface area contributed by atoms with Gasteiger partial charge in [-0.05, 0) is 17.5 Å². The van der Waals surface area contributed by atoms with Crippen molar-refractivity contribution in [2.45, 2.75) is 44.1 Å². The van der Waals surface area contributed by atoms with Gasteiger partial charge in [-0.25, -0.2) is 9.59 Å². The number of ether oxygens (including phenoxy) is 2. The molecule has 0 saturated carbocycles. The second-order valence-corrected chi connectivity index (χ2v) is 8.64. The molecule has 0 bridgehead atoms. The number of thiazole rings is 1. The highest BCUT2D eigenvalue weighted by molar-refractivity contribution is 7.09. The summed E-state index contributed by atoms with van der Waals surface area (Å²) in [5.74, 6) is 0. The monoisotopic (exact) mass is 451 g/mol. The summed E-state index contributed by atoms with van der Waals surface area (Å²) in [5, 5.41) is 5.64. The maximum atomic E-state index is 12.5. The molecule has 166 valence electrons. The van der Waals surface area contributed by atoms with Crippen LogP contribution in [0.2, 0.25) is 0 Å². The van der Waals surface area contributed by atoms with Gasteiger partial charge in [-0.3, -0.25) is 4.98 Å². The smallest absolute Gasteiger partial charge is 0.407 e. The quantitative estimate of drug-likeness (QED) is 0.538. The number of nitrogens with one attached hydrogen (secondary N) is 2. The van der Waals surface area contributed by atoms with Gasteiger partial charge in [-0.2, -0.15) is 0 Å². The van der Waals surface area contributed by atoms with Gasteiger partial charge in [0.25, 0.3) is 0 Å². The molecule has 4 rings (SSSR count). The van der Waals surface area contributed by atoms with Crippen molar-refractivity contribution in [1.29, 1.82) is 0 Å². The van der Waals surface area contributed by atoms with Crippen LogP contribution in [0.4, 0.5) is 9.59 Å². The molecule has 1 saturated heterocycles. The normalized spacial score (nSPS) is 18.8. The van der Waals surface area contributed by atoms with Crippen LogP contribution >= 0.6 is 11.3 Å². The molecule has 1 aliphatic heterocycles. The maximum absolute atomic E-state index is 12.5. The first-order valence-corrected chi connectivity index (χ1v) is 11.4. The Morgan fingerprint density at radius 2 is 1.88 bits per heavy atom. The number of rotatable bonds is 8. The van der Waals surface area contributed by atoms with Crippen molar-refractivity contribution >= 4 is 23.5 Å². The van der Waals surface area contributed by atoms with Crippen LogP contribution in [0.1, 0.15) is 22.4 Å². The molecule has 3 atom stereocenters. The van der Waals surface area contributed by atoms with E-state index in [9.17, 15) is 9.59 Å². The number of cyclic esters (lactones) is 1. The topological polar surface area (TPSA) is 89.5 Å². The van der Waals surface area contributed by atoms with E-state index in [2.05, 4.69) is 15.6 Å². The third kappa shape index (κ3) is 6.31. The van der Waals surface area contributed by atoms with Crippen molar-refractivity contribution in [3.63, 3.8) is 0 Å². The minimum absolute atomic E-state index is 0.106. The molecule has 0 spiro atoms. The summed E-state index contributed by atoms with van der Waals surface area (Å²) < 4.78 is 11.3. The second-order valence-electron chi connectivity index (χ2n) is 7.67. The number of carbonyl (C=O) groups excluding carboxylic acids is 2. The van der Waals surface area contributed by atoms with Gasteiger partial charge in [0.2, 0.25) is 0 Å². The fraction of sp³-hybridized carbons (Fsp3) is 0.292. The fourth-order valence-electron chi connectivity index (χ4n) is 3.75. The summed E-state index contributed by atoms with van der Waals surface area (Å²) in [6, 6.07) is 19.6. The lowest BCUT2D eigenvalue weighted by atomic mass is 9.94. The molecule has 2 amide bonds. The molecule has 0 unspecified atom stereocenters. The Morgan fingerprint density at radius 1 is 1.16 bits per heavy atom. The summed E-state index contributed by atoms with van der Waals surface area (Å²) in [6.07, 6.45) is 1.18. The SMILES string of the molecule is O=C(NCc1cncs1)O[C@@H](Cc1ccccc1)[C@@H]1C[C@H](Cc2ccccc2)NC(=O)O1. The number of nitrogens with zero attached hydrogens (tertiary/aromatic N) is 1. The fourth-order valence-corrected chi connectivity index (χ4v) is 4.28. The van der Waals surface area contributed by atoms with Gasteiger partial charge < -0.3 is 20.1 Å². The molecule has 7 nitrogen and oxygen atoms in total. The van der Waals surface area contributed by atoms with Crippen LogP contribution in [-0.2, 0) is 28.9 Å². The number of hydrogen-bond acceptors (Lipinski definition) is 6. The van der Waals surface area contributed by atoms with Gasteiger partial charge in [0.15, 0.2) is 0 Å². The average Bonchev–Trinajstić information content (AvgIpc) is 3.32. The minimum atomic E-state index is -0.608. The van der Waals surface area contributed by atoms with Crippen LogP contribution in [0.5, 0.6) is 0 Å². The van der Waals surface area contributed by atoms with Gasteiger partial charge in [-0.1, -0.05) is 60.7 Å². The minimum Gasteiger partial charge on any atom is -0.442 e. The highest BCUT2D eigenvalue weighted by Crippen LogP contribution is 2.22. The molecular formula is C24H25N3O4S. The van der Waals surface area contributed by atoms with Crippen molar-refractivity contribution in [1.82, 2.24) is 15.6 Å². The zero-order valence-corrected chi connectivity index (χ0v) is 18.3. The first-order valence-electron chi connectivity index (χ1n) is 10.5. The van der Waals surface area contributed by atoms with Crippen molar-refractivity contribution in [2.75, 3.05) is 0 Å². The highest BCUT2D eigenvalue weighted by Gasteiger charge is 2.36. The van der Waals surface area contributed by atoms with E-state index in [-0.39, 0.29) is 6.04 Å². The largest absolute Gasteiger partial charge is 0.442 e. The zero-order valence-electron chi connectivity index (χ0n) is 17.5. The van der Waals surface area contributed by atoms with Crippen LogP contribution in [0.25, 0.3) is 0 Å². The standard InChI is InChI=1S/C24H25N3O4S/c28-23(26-15-20-14-25-16-32-20)30-21(12-18-9-5-2-6-10-18)22-13-19(27-24(29)31-22)11-17-7-3-1-4-8-17/h1-10,14,16,19,21-22H,11-13,15H2,(H,26,28)(H,27,29)/t19-,21-,22-/m0/s1. The molecule has 2 aromatic carbocycles. The first kappa shape index (κ1) is 21.8. The Morgan fingerprint density at radius 3 is 2.56 bits per heavy atom. The summed E-state index contributed by atoms with van der Waals surface area (Å²) in [5.41, 5.74) is 3.84. The molecule has 2 N–H and O–H groups in total. The predicted molar refractivity (Wildman–Crippen MR) is 121 cm³/mol. The summed E-state index contributed by atoms with van der Waals surface area (Å²) >= 11 is 1.46. The van der Waals surface area contributed by atoms with Crippen LogP contribution in [0, 0.1) is 0 Å². The van der Waals surface area contributed by atoms with Crippen molar-refractivity contribution < 1.29 is 19.1 Å². The molecule has 8 heteroatoms. The maximum Gasteiger partial charge on any atom is 0.407 e. The third-order valence-corrected chi connectivity index (χ3v) is 6.04. The number of amides is 2. The van der Waals surface area contributed by atoms with E-state index in [4.69, 9.17) is 9.47 Å². The molecule has 0 aliphatic carbocycles. The highest BCUT2D eigenvalue weighted by atomic mass is 32.1. The van der Waals surface area contributed by atoms with Gasteiger partial charge >= 0.3 is 12.2 Å². The van der Waals surface area contributed by atoms with E-state index >= 15 is 0 Å². The van der Waals surface area contributed by atoms with E-state index in [1.165, 1.54) is 11.3 Å². The van der Waals surface area contributed by atoms with E-state index < -0.39 is 24.4 Å². The lowest BCUT2D eigenvalue weighted by Crippen LogP contribution is -2.52. The Balaban J connectivity index is 1.44. The molecule has 0 radical (unpaired) electrons. The van der Waals surface area contributed by atoms with E-state index in [0.717, 1.165) is 16.0 Å². The summed E-state index contributed by atoms with van der Waals surface area (Å²) in [6.45, 7) is 0.337. The Hall–Kier alpha value is -3.39. The van der Waals surface area contributed by atoms with E-state index in [1.54, 1.807) is 11.7 Å². The van der Waals surface area contributed by atoms with Gasteiger partial charge in [0, 0.05) is 30.0 Å². The summed E-state index contributed by atoms with van der Waals surface area (Å²) in [7, 11) is 0. The zero-order chi connectivity index (χ0) is 22.2. The Bertz CT molecular complexity index is 999. The Kier molecular flexibility index (Phi) is 7.34. The average molecular weight is 452 g/mol. The van der Waals surface area contributed by atoms with Crippen molar-refractivity contribution in [2.24, 2.45) is 0 Å². The predicted octanol–water partition coefficient (Wildman–Crippen LogP) is 4.09. The van der Waals surface area contributed by atoms with Gasteiger partial charge in [0.1, 0.15) is 12.2 Å². The molecule has 1 aliphatic rings.